The predicted molar refractivity (Wildman–Crippen MR) is 311 cm³/mol. The van der Waals surface area contributed by atoms with Crippen molar-refractivity contribution in [3.05, 3.63) is 260 Å². The van der Waals surface area contributed by atoms with Gasteiger partial charge >= 0.3 is 0 Å². The molecule has 10 nitrogen and oxygen atoms in total. The Kier molecular flexibility index (Phi) is 11.0. The van der Waals surface area contributed by atoms with E-state index in [1.54, 1.807) is 6.07 Å². The van der Waals surface area contributed by atoms with Crippen molar-refractivity contribution in [1.82, 2.24) is 39.0 Å². The van der Waals surface area contributed by atoms with Crippen LogP contribution in [0.4, 0.5) is 5.69 Å². The van der Waals surface area contributed by atoms with Crippen molar-refractivity contribution in [3.8, 4) is 96.9 Å². The van der Waals surface area contributed by atoms with Gasteiger partial charge in [0.15, 0.2) is 40.6 Å². The van der Waals surface area contributed by atoms with Gasteiger partial charge in [-0.15, -0.1) is 0 Å². The lowest BCUT2D eigenvalue weighted by Crippen LogP contribution is -2.04. The van der Waals surface area contributed by atoms with E-state index in [0.717, 1.165) is 93.9 Å². The summed E-state index contributed by atoms with van der Waals surface area (Å²) in [5.41, 5.74) is 13.1. The van der Waals surface area contributed by atoms with Gasteiger partial charge in [-0.2, -0.15) is 5.26 Å². The molecule has 0 spiro atoms. The predicted octanol–water partition coefficient (Wildman–Crippen LogP) is 16.3. The highest BCUT2D eigenvalue weighted by atomic mass is 15.1. The smallest absolute Gasteiger partial charge is 0.197 e. The summed E-state index contributed by atoms with van der Waals surface area (Å²) < 4.78 is 4.56. The van der Waals surface area contributed by atoms with E-state index in [1.165, 1.54) is 0 Å². The molecule has 0 amide bonds. The normalized spacial score (nSPS) is 11.3. The molecule has 0 atom stereocenters. The van der Waals surface area contributed by atoms with Crippen molar-refractivity contribution >= 4 is 49.3 Å². The van der Waals surface area contributed by atoms with Crippen LogP contribution in [0.15, 0.2) is 243 Å². The second-order valence-corrected chi connectivity index (χ2v) is 18.9. The average Bonchev–Trinajstić information content (AvgIpc) is 4.17. The number of fused-ring (bicyclic) bond motifs is 6. The van der Waals surface area contributed by atoms with Crippen LogP contribution in [-0.2, 0) is 0 Å². The lowest BCUT2D eigenvalue weighted by molar-refractivity contribution is 1.07. The summed E-state index contributed by atoms with van der Waals surface area (Å²) in [7, 11) is 0. The third-order valence-corrected chi connectivity index (χ3v) is 14.3. The van der Waals surface area contributed by atoms with E-state index in [1.807, 2.05) is 146 Å². The fourth-order valence-electron chi connectivity index (χ4n) is 10.6. The van der Waals surface area contributed by atoms with Crippen molar-refractivity contribution in [3.63, 3.8) is 0 Å². The molecule has 0 saturated carbocycles. The van der Waals surface area contributed by atoms with Crippen LogP contribution in [0.2, 0.25) is 0 Å². The van der Waals surface area contributed by atoms with Gasteiger partial charge < -0.3 is 9.13 Å². The molecule has 4 aromatic heterocycles. The van der Waals surface area contributed by atoms with Gasteiger partial charge in [0.2, 0.25) is 0 Å². The summed E-state index contributed by atoms with van der Waals surface area (Å²) in [5, 5.41) is 14.1. The van der Waals surface area contributed by atoms with Crippen LogP contribution in [0.1, 0.15) is 5.56 Å². The van der Waals surface area contributed by atoms with Crippen LogP contribution in [0.5, 0.6) is 0 Å². The molecule has 78 heavy (non-hydrogen) atoms. The molecule has 10 heteroatoms. The average molecular weight is 997 g/mol. The summed E-state index contributed by atoms with van der Waals surface area (Å²) in [6.07, 6.45) is 0. The minimum absolute atomic E-state index is 0.444. The fourth-order valence-corrected chi connectivity index (χ4v) is 10.6. The van der Waals surface area contributed by atoms with Gasteiger partial charge in [-0.3, -0.25) is 0 Å². The van der Waals surface area contributed by atoms with Crippen molar-refractivity contribution in [2.45, 2.75) is 0 Å². The second-order valence-electron chi connectivity index (χ2n) is 18.9. The van der Waals surface area contributed by atoms with Gasteiger partial charge in [-0.1, -0.05) is 170 Å². The van der Waals surface area contributed by atoms with Crippen LogP contribution >= 0.6 is 0 Å². The molecule has 0 aliphatic rings. The summed E-state index contributed by atoms with van der Waals surface area (Å²) in [6, 6.07) is 83.4. The first-order chi connectivity index (χ1) is 38.6. The highest BCUT2D eigenvalue weighted by Gasteiger charge is 2.24. The fraction of sp³-hybridized carbons (Fsp3) is 0. The van der Waals surface area contributed by atoms with Crippen molar-refractivity contribution in [1.29, 1.82) is 5.26 Å². The Morgan fingerprint density at radius 1 is 0.321 bits per heavy atom. The second kappa shape index (κ2) is 18.9. The lowest BCUT2D eigenvalue weighted by atomic mass is 9.99. The van der Waals surface area contributed by atoms with E-state index in [0.29, 0.717) is 51.8 Å². The molecule has 362 valence electrons. The van der Waals surface area contributed by atoms with Gasteiger partial charge in [-0.05, 0) is 83.9 Å². The molecule has 4 heterocycles. The van der Waals surface area contributed by atoms with Crippen LogP contribution in [0.3, 0.4) is 0 Å². The van der Waals surface area contributed by atoms with Crippen LogP contribution in [-0.4, -0.2) is 39.0 Å². The Labute approximate surface area is 448 Å². The van der Waals surface area contributed by atoms with Gasteiger partial charge in [0.05, 0.1) is 51.6 Å². The Morgan fingerprint density at radius 2 is 0.679 bits per heavy atom. The first kappa shape index (κ1) is 45.4. The Hall–Kier alpha value is -11.2. The number of hydrogen-bond acceptors (Lipinski definition) is 7. The monoisotopic (exact) mass is 996 g/mol. The molecule has 0 aliphatic carbocycles. The number of benzene rings is 10. The quantitative estimate of drug-likeness (QED) is 0.132. The highest BCUT2D eigenvalue weighted by Crippen LogP contribution is 2.44. The zero-order valence-electron chi connectivity index (χ0n) is 41.6. The molecule has 14 rings (SSSR count). The molecular formula is C68H40N10. The lowest BCUT2D eigenvalue weighted by Gasteiger charge is -2.20. The molecule has 0 radical (unpaired) electrons. The summed E-state index contributed by atoms with van der Waals surface area (Å²) >= 11 is 0. The number of nitriles is 1. The number of rotatable bonds is 9. The van der Waals surface area contributed by atoms with E-state index in [2.05, 4.69) is 111 Å². The molecular weight excluding hydrogens is 957 g/mol. The standard InChI is InChI=1S/C68H40N10/c1-70-56-41-62(78-58-32-17-15-30-52(58)55-39-50(34-36-60(55)78)68-75-65(46-24-10-4-11-25-46)72-66(76-68)47-26-12-5-13-27-47)61(40-53(56)48-28-18-19-43(37-48)42-69)77-57-31-16-14-29-51(57)54-38-49(33-35-59(54)77)67-73-63(44-20-6-2-7-21-44)71-64(74-67)45-22-8-3-9-23-45/h2-41H. The van der Waals surface area contributed by atoms with Gasteiger partial charge in [0.25, 0.3) is 0 Å². The Bertz CT molecular complexity index is 4630. The topological polar surface area (TPSA) is 115 Å². The van der Waals surface area contributed by atoms with E-state index in [9.17, 15) is 5.26 Å². The minimum Gasteiger partial charge on any atom is -0.308 e. The SMILES string of the molecule is [C-]#[N+]c1cc(-n2c3ccccc3c3cc(-c4nc(-c5ccccc5)nc(-c5ccccc5)n4)ccc32)c(-n2c3ccccc3c3cc(-c4nc(-c5ccccc5)nc(-c5ccccc5)n4)ccc32)cc1-c1cccc(C#N)c1. The van der Waals surface area contributed by atoms with Crippen molar-refractivity contribution in [2.75, 3.05) is 0 Å². The maximum atomic E-state index is 10.1. The molecule has 0 bridgehead atoms. The number of para-hydroxylation sites is 2. The zero-order valence-corrected chi connectivity index (χ0v) is 41.6. The number of hydrogen-bond donors (Lipinski definition) is 0. The van der Waals surface area contributed by atoms with Gasteiger partial charge in [0.1, 0.15) is 0 Å². The third-order valence-electron chi connectivity index (χ3n) is 14.3. The van der Waals surface area contributed by atoms with Crippen LogP contribution < -0.4 is 0 Å². The first-order valence-corrected chi connectivity index (χ1v) is 25.4. The van der Waals surface area contributed by atoms with E-state index < -0.39 is 0 Å². The summed E-state index contributed by atoms with van der Waals surface area (Å²) in [4.78, 5) is 34.5. The maximum Gasteiger partial charge on any atom is 0.197 e. The van der Waals surface area contributed by atoms with E-state index >= 15 is 0 Å². The first-order valence-electron chi connectivity index (χ1n) is 25.4. The Morgan fingerprint density at radius 3 is 1.09 bits per heavy atom. The Balaban J connectivity index is 1.01. The zero-order chi connectivity index (χ0) is 52.1. The highest BCUT2D eigenvalue weighted by molar-refractivity contribution is 6.13. The molecule has 0 fully saturated rings. The maximum absolute atomic E-state index is 10.1. The van der Waals surface area contributed by atoms with Gasteiger partial charge in [0, 0.05) is 54.9 Å². The van der Waals surface area contributed by atoms with Crippen molar-refractivity contribution < 1.29 is 0 Å². The number of nitrogens with zero attached hydrogens (tertiary/aromatic N) is 10. The van der Waals surface area contributed by atoms with Crippen molar-refractivity contribution in [2.24, 2.45) is 0 Å². The molecule has 0 N–H and O–H groups in total. The summed E-state index contributed by atoms with van der Waals surface area (Å²) in [5.74, 6) is 3.44. The van der Waals surface area contributed by atoms with Crippen LogP contribution in [0.25, 0.3) is 139 Å². The molecule has 10 aromatic carbocycles. The molecule has 0 aliphatic heterocycles. The summed E-state index contributed by atoms with van der Waals surface area (Å²) in [6.45, 7) is 8.72. The van der Waals surface area contributed by atoms with Gasteiger partial charge in [-0.25, -0.2) is 34.7 Å². The van der Waals surface area contributed by atoms with Crippen LogP contribution in [0, 0.1) is 17.9 Å². The third kappa shape index (κ3) is 7.89. The molecule has 0 saturated heterocycles. The molecule has 0 unspecified atom stereocenters. The van der Waals surface area contributed by atoms with E-state index in [4.69, 9.17) is 36.5 Å². The minimum atomic E-state index is 0.444. The number of aromatic nitrogens is 8. The molecule has 14 aromatic rings. The largest absolute Gasteiger partial charge is 0.308 e. The van der Waals surface area contributed by atoms with E-state index in [-0.39, 0.29) is 0 Å².